The zero-order valence-corrected chi connectivity index (χ0v) is 16.3. The number of hydrogen-bond donors (Lipinski definition) is 1. The van der Waals surface area contributed by atoms with Gasteiger partial charge in [-0.25, -0.2) is 9.97 Å². The van der Waals surface area contributed by atoms with Crippen LogP contribution >= 0.6 is 34.4 Å². The molecule has 0 amide bonds. The van der Waals surface area contributed by atoms with E-state index in [0.29, 0.717) is 5.92 Å². The van der Waals surface area contributed by atoms with E-state index < -0.39 is 0 Å². The lowest BCUT2D eigenvalue weighted by atomic mass is 10.0. The third-order valence-corrected chi connectivity index (χ3v) is 6.31. The number of hydrogen-bond acceptors (Lipinski definition) is 4. The molecule has 0 spiro atoms. The van der Waals surface area contributed by atoms with Crippen molar-refractivity contribution in [2.75, 3.05) is 12.4 Å². The lowest BCUT2D eigenvalue weighted by Crippen LogP contribution is -2.11. The first-order valence-corrected chi connectivity index (χ1v) is 10.1. The summed E-state index contributed by atoms with van der Waals surface area (Å²) < 4.78 is 1.18. The zero-order chi connectivity index (χ0) is 15.2. The van der Waals surface area contributed by atoms with Crippen LogP contribution < -0.4 is 5.32 Å². The summed E-state index contributed by atoms with van der Waals surface area (Å²) in [5.41, 5.74) is 1.20. The Morgan fingerprint density at radius 1 is 1.24 bits per heavy atom. The van der Waals surface area contributed by atoms with Crippen molar-refractivity contribution in [3.63, 3.8) is 0 Å². The van der Waals surface area contributed by atoms with Crippen molar-refractivity contribution in [3.8, 4) is 0 Å². The van der Waals surface area contributed by atoms with Crippen LogP contribution in [0.3, 0.4) is 0 Å². The van der Waals surface area contributed by atoms with Gasteiger partial charge in [0.05, 0.1) is 15.0 Å². The summed E-state index contributed by atoms with van der Waals surface area (Å²) in [5, 5.41) is 4.03. The SMILES string of the molecule is CNc1nc(CSC2CCCCC2)nc(CC(C)C)c1I. The first kappa shape index (κ1) is 17.3. The highest BCUT2D eigenvalue weighted by Gasteiger charge is 2.16. The van der Waals surface area contributed by atoms with E-state index in [0.717, 1.165) is 29.1 Å². The highest BCUT2D eigenvalue weighted by molar-refractivity contribution is 14.1. The molecule has 1 fully saturated rings. The van der Waals surface area contributed by atoms with E-state index in [1.807, 2.05) is 18.8 Å². The number of anilines is 1. The smallest absolute Gasteiger partial charge is 0.143 e. The molecule has 1 heterocycles. The van der Waals surface area contributed by atoms with Gasteiger partial charge >= 0.3 is 0 Å². The second-order valence-electron chi connectivity index (χ2n) is 6.17. The summed E-state index contributed by atoms with van der Waals surface area (Å²) in [5.74, 6) is 3.55. The van der Waals surface area contributed by atoms with Gasteiger partial charge in [0.2, 0.25) is 0 Å². The number of rotatable bonds is 6. The Labute approximate surface area is 146 Å². The molecule has 1 aliphatic carbocycles. The van der Waals surface area contributed by atoms with Crippen molar-refractivity contribution < 1.29 is 0 Å². The van der Waals surface area contributed by atoms with Crippen LogP contribution in [-0.4, -0.2) is 22.3 Å². The fourth-order valence-corrected chi connectivity index (χ4v) is 4.63. The Kier molecular flexibility index (Phi) is 7.05. The lowest BCUT2D eigenvalue weighted by molar-refractivity contribution is 0.516. The van der Waals surface area contributed by atoms with Gasteiger partial charge in [-0.3, -0.25) is 0 Å². The monoisotopic (exact) mass is 419 g/mol. The number of nitrogens with zero attached hydrogens (tertiary/aromatic N) is 2. The van der Waals surface area contributed by atoms with Crippen molar-refractivity contribution in [3.05, 3.63) is 15.1 Å². The Morgan fingerprint density at radius 2 is 1.95 bits per heavy atom. The molecule has 1 saturated carbocycles. The summed E-state index contributed by atoms with van der Waals surface area (Å²) in [6.07, 6.45) is 7.97. The van der Waals surface area contributed by atoms with Gasteiger partial charge in [0.1, 0.15) is 11.6 Å². The molecular weight excluding hydrogens is 393 g/mol. The Morgan fingerprint density at radius 3 is 2.57 bits per heavy atom. The van der Waals surface area contributed by atoms with E-state index in [2.05, 4.69) is 41.8 Å². The first-order valence-electron chi connectivity index (χ1n) is 7.94. The number of nitrogens with one attached hydrogen (secondary N) is 1. The molecule has 2 rings (SSSR count). The van der Waals surface area contributed by atoms with Gasteiger partial charge in [0, 0.05) is 12.3 Å². The lowest BCUT2D eigenvalue weighted by Gasteiger charge is -2.21. The summed E-state index contributed by atoms with van der Waals surface area (Å²) in [7, 11) is 1.95. The quantitative estimate of drug-likeness (QED) is 0.667. The Balaban J connectivity index is 2.07. The van der Waals surface area contributed by atoms with E-state index in [9.17, 15) is 0 Å². The van der Waals surface area contributed by atoms with Gasteiger partial charge in [0.15, 0.2) is 0 Å². The summed E-state index contributed by atoms with van der Waals surface area (Å²) >= 11 is 4.42. The molecule has 0 aliphatic heterocycles. The Hall–Kier alpha value is -0.0400. The van der Waals surface area contributed by atoms with Crippen LogP contribution in [0.25, 0.3) is 0 Å². The summed E-state index contributed by atoms with van der Waals surface area (Å²) in [6.45, 7) is 4.49. The molecule has 0 bridgehead atoms. The van der Waals surface area contributed by atoms with Gasteiger partial charge in [-0.1, -0.05) is 33.1 Å². The molecule has 1 aliphatic rings. The van der Waals surface area contributed by atoms with Crippen LogP contribution in [0.4, 0.5) is 5.82 Å². The number of aromatic nitrogens is 2. The van der Waals surface area contributed by atoms with E-state index in [-0.39, 0.29) is 0 Å². The molecular formula is C16H26IN3S. The minimum absolute atomic E-state index is 0.622. The third-order valence-electron chi connectivity index (χ3n) is 3.80. The van der Waals surface area contributed by atoms with E-state index in [1.54, 1.807) is 0 Å². The van der Waals surface area contributed by atoms with Crippen molar-refractivity contribution in [2.24, 2.45) is 5.92 Å². The molecule has 21 heavy (non-hydrogen) atoms. The van der Waals surface area contributed by atoms with Crippen LogP contribution in [-0.2, 0) is 12.2 Å². The molecule has 0 unspecified atom stereocenters. The fourth-order valence-electron chi connectivity index (χ4n) is 2.72. The second-order valence-corrected chi connectivity index (χ2v) is 8.54. The standard InChI is InChI=1S/C16H26IN3S/c1-11(2)9-13-15(17)16(18-3)20-14(19-13)10-21-12-7-5-4-6-8-12/h11-12H,4-10H2,1-3H3,(H,18,19,20). The Bertz CT molecular complexity index is 459. The molecule has 5 heteroatoms. The van der Waals surface area contributed by atoms with Gasteiger partial charge in [0.25, 0.3) is 0 Å². The maximum atomic E-state index is 4.83. The highest BCUT2D eigenvalue weighted by Crippen LogP contribution is 2.30. The van der Waals surface area contributed by atoms with Crippen LogP contribution in [0.1, 0.15) is 57.5 Å². The second kappa shape index (κ2) is 8.56. The van der Waals surface area contributed by atoms with Gasteiger partial charge in [-0.2, -0.15) is 11.8 Å². The largest absolute Gasteiger partial charge is 0.372 e. The van der Waals surface area contributed by atoms with Crippen LogP contribution in [0.2, 0.25) is 0 Å². The topological polar surface area (TPSA) is 37.8 Å². The molecule has 0 aromatic carbocycles. The number of halogens is 1. The summed E-state index contributed by atoms with van der Waals surface area (Å²) in [6, 6.07) is 0. The zero-order valence-electron chi connectivity index (χ0n) is 13.3. The maximum absolute atomic E-state index is 4.83. The minimum atomic E-state index is 0.622. The van der Waals surface area contributed by atoms with E-state index >= 15 is 0 Å². The van der Waals surface area contributed by atoms with Gasteiger partial charge < -0.3 is 5.32 Å². The molecule has 118 valence electrons. The van der Waals surface area contributed by atoms with Crippen LogP contribution in [0.15, 0.2) is 0 Å². The average Bonchev–Trinajstić information content (AvgIpc) is 2.48. The highest BCUT2D eigenvalue weighted by atomic mass is 127. The molecule has 0 atom stereocenters. The van der Waals surface area contributed by atoms with E-state index in [4.69, 9.17) is 9.97 Å². The molecule has 3 nitrogen and oxygen atoms in total. The van der Waals surface area contributed by atoms with Crippen molar-refractivity contribution >= 4 is 40.2 Å². The van der Waals surface area contributed by atoms with Gasteiger partial charge in [-0.15, -0.1) is 0 Å². The maximum Gasteiger partial charge on any atom is 0.143 e. The van der Waals surface area contributed by atoms with Crippen molar-refractivity contribution in [2.45, 2.75) is 63.4 Å². The normalized spacial score (nSPS) is 16.4. The summed E-state index contributed by atoms with van der Waals surface area (Å²) in [4.78, 5) is 9.52. The fraction of sp³-hybridized carbons (Fsp3) is 0.750. The molecule has 1 aromatic heterocycles. The van der Waals surface area contributed by atoms with Crippen LogP contribution in [0, 0.1) is 9.49 Å². The van der Waals surface area contributed by atoms with Crippen molar-refractivity contribution in [1.82, 2.24) is 9.97 Å². The van der Waals surface area contributed by atoms with Crippen LogP contribution in [0.5, 0.6) is 0 Å². The predicted octanol–water partition coefficient (Wildman–Crippen LogP) is 4.89. The molecule has 0 radical (unpaired) electrons. The first-order chi connectivity index (χ1) is 10.1. The number of thioether (sulfide) groups is 1. The average molecular weight is 419 g/mol. The molecule has 1 N–H and O–H groups in total. The molecule has 0 saturated heterocycles. The van der Waals surface area contributed by atoms with Gasteiger partial charge in [-0.05, 0) is 47.8 Å². The minimum Gasteiger partial charge on any atom is -0.372 e. The molecule has 1 aromatic rings. The van der Waals surface area contributed by atoms with E-state index in [1.165, 1.54) is 41.4 Å². The third kappa shape index (κ3) is 5.27. The van der Waals surface area contributed by atoms with Crippen molar-refractivity contribution in [1.29, 1.82) is 0 Å². The predicted molar refractivity (Wildman–Crippen MR) is 101 cm³/mol.